The molecule has 0 saturated heterocycles. The van der Waals surface area contributed by atoms with E-state index in [1.54, 1.807) is 30.3 Å². The molecule has 1 aromatic carbocycles. The van der Waals surface area contributed by atoms with Gasteiger partial charge in [0, 0.05) is 0 Å². The van der Waals surface area contributed by atoms with E-state index in [4.69, 9.17) is 15.3 Å². The van der Waals surface area contributed by atoms with E-state index in [0.717, 1.165) is 11.1 Å². The van der Waals surface area contributed by atoms with Crippen molar-refractivity contribution in [1.82, 2.24) is 0 Å². The molecule has 0 aromatic heterocycles. The fourth-order valence-electron chi connectivity index (χ4n) is 0.931. The predicted molar refractivity (Wildman–Crippen MR) is 49.6 cm³/mol. The molecule has 13 heavy (non-hydrogen) atoms. The first-order valence-electron chi connectivity index (χ1n) is 3.96. The Bertz CT molecular complexity index is 275. The lowest BCUT2D eigenvalue weighted by Crippen LogP contribution is -1.96. The van der Waals surface area contributed by atoms with Gasteiger partial charge in [0.05, 0.1) is 6.61 Å². The number of hydrogen-bond acceptors (Lipinski definition) is 3. The third-order valence-electron chi connectivity index (χ3n) is 1.62. The maximum Gasteiger partial charge on any atom is 0.171 e. The van der Waals surface area contributed by atoms with Crippen molar-refractivity contribution in [3.8, 4) is 0 Å². The van der Waals surface area contributed by atoms with Crippen LogP contribution in [-0.2, 0) is 6.61 Å². The molecule has 0 heterocycles. The van der Waals surface area contributed by atoms with Gasteiger partial charge in [-0.05, 0) is 17.2 Å². The van der Waals surface area contributed by atoms with Gasteiger partial charge >= 0.3 is 0 Å². The van der Waals surface area contributed by atoms with E-state index in [0.29, 0.717) is 0 Å². The van der Waals surface area contributed by atoms with Crippen LogP contribution >= 0.6 is 0 Å². The normalized spacial score (nSPS) is 11.4. The van der Waals surface area contributed by atoms with Gasteiger partial charge in [0.15, 0.2) is 6.29 Å². The molecule has 0 radical (unpaired) electrons. The van der Waals surface area contributed by atoms with Crippen molar-refractivity contribution in [3.05, 3.63) is 41.5 Å². The molecule has 1 rings (SSSR count). The first-order chi connectivity index (χ1) is 6.22. The molecular weight excluding hydrogens is 168 g/mol. The first-order valence-corrected chi connectivity index (χ1v) is 3.96. The van der Waals surface area contributed by atoms with E-state index in [2.05, 4.69) is 0 Å². The van der Waals surface area contributed by atoms with E-state index in [1.165, 1.54) is 6.08 Å². The Morgan fingerprint density at radius 1 is 1.15 bits per heavy atom. The molecule has 0 fully saturated rings. The lowest BCUT2D eigenvalue weighted by molar-refractivity contribution is 0.00304. The zero-order valence-electron chi connectivity index (χ0n) is 7.09. The van der Waals surface area contributed by atoms with Crippen molar-refractivity contribution in [1.29, 1.82) is 0 Å². The molecule has 0 aliphatic rings. The number of hydrogen-bond donors (Lipinski definition) is 3. The Morgan fingerprint density at radius 2 is 1.77 bits per heavy atom. The van der Waals surface area contributed by atoms with Gasteiger partial charge in [0.1, 0.15) is 0 Å². The van der Waals surface area contributed by atoms with Crippen molar-refractivity contribution in [2.75, 3.05) is 0 Å². The lowest BCUT2D eigenvalue weighted by atomic mass is 10.1. The summed E-state index contributed by atoms with van der Waals surface area (Å²) in [4.78, 5) is 0. The molecule has 3 nitrogen and oxygen atoms in total. The van der Waals surface area contributed by atoms with Gasteiger partial charge in [-0.1, -0.05) is 30.3 Å². The van der Waals surface area contributed by atoms with E-state index in [1.807, 2.05) is 0 Å². The molecule has 0 amide bonds. The van der Waals surface area contributed by atoms with Crippen molar-refractivity contribution in [2.24, 2.45) is 0 Å². The number of aliphatic hydroxyl groups excluding tert-OH is 2. The van der Waals surface area contributed by atoms with Crippen LogP contribution in [-0.4, -0.2) is 21.6 Å². The fraction of sp³-hybridized carbons (Fsp3) is 0.200. The standard InChI is InChI=1S/C10H12O3/c11-7-9-3-1-8(2-4-9)5-6-10(12)13/h1-6,10-13H,7H2/b6-5+. The zero-order valence-corrected chi connectivity index (χ0v) is 7.09. The van der Waals surface area contributed by atoms with Crippen LogP contribution < -0.4 is 0 Å². The van der Waals surface area contributed by atoms with Gasteiger partial charge < -0.3 is 15.3 Å². The van der Waals surface area contributed by atoms with Crippen LogP contribution in [0.25, 0.3) is 6.08 Å². The van der Waals surface area contributed by atoms with Crippen LogP contribution in [0.5, 0.6) is 0 Å². The average molecular weight is 180 g/mol. The van der Waals surface area contributed by atoms with Gasteiger partial charge in [-0.2, -0.15) is 0 Å². The summed E-state index contributed by atoms with van der Waals surface area (Å²) in [5.41, 5.74) is 1.70. The van der Waals surface area contributed by atoms with E-state index in [-0.39, 0.29) is 6.61 Å². The lowest BCUT2D eigenvalue weighted by Gasteiger charge is -1.97. The molecular formula is C10H12O3. The van der Waals surface area contributed by atoms with E-state index >= 15 is 0 Å². The van der Waals surface area contributed by atoms with Crippen LogP contribution in [0.15, 0.2) is 30.3 Å². The Kier molecular flexibility index (Phi) is 3.64. The molecule has 1 aromatic rings. The maximum atomic E-state index is 8.75. The molecule has 0 bridgehead atoms. The summed E-state index contributed by atoms with van der Waals surface area (Å²) in [7, 11) is 0. The van der Waals surface area contributed by atoms with Crippen LogP contribution in [0.2, 0.25) is 0 Å². The second-order valence-electron chi connectivity index (χ2n) is 2.67. The van der Waals surface area contributed by atoms with Crippen LogP contribution in [0.3, 0.4) is 0 Å². The molecule has 0 aliphatic heterocycles. The quantitative estimate of drug-likeness (QED) is 0.594. The molecule has 0 saturated carbocycles. The summed E-state index contributed by atoms with van der Waals surface area (Å²) in [6, 6.07) is 7.15. The van der Waals surface area contributed by atoms with Crippen molar-refractivity contribution in [2.45, 2.75) is 12.9 Å². The zero-order chi connectivity index (χ0) is 9.68. The molecule has 0 atom stereocenters. The van der Waals surface area contributed by atoms with Gasteiger partial charge in [-0.15, -0.1) is 0 Å². The molecule has 0 aliphatic carbocycles. The van der Waals surface area contributed by atoms with Crippen LogP contribution in [0, 0.1) is 0 Å². The summed E-state index contributed by atoms with van der Waals surface area (Å²) in [6.07, 6.45) is 1.46. The summed E-state index contributed by atoms with van der Waals surface area (Å²) < 4.78 is 0. The summed E-state index contributed by atoms with van der Waals surface area (Å²) in [5, 5.41) is 25.8. The Morgan fingerprint density at radius 3 is 2.23 bits per heavy atom. The first kappa shape index (κ1) is 9.92. The molecule has 0 unspecified atom stereocenters. The van der Waals surface area contributed by atoms with Crippen molar-refractivity contribution >= 4 is 6.08 Å². The maximum absolute atomic E-state index is 8.75. The molecule has 3 N–H and O–H groups in total. The monoisotopic (exact) mass is 180 g/mol. The number of rotatable bonds is 3. The average Bonchev–Trinajstić information content (AvgIpc) is 2.15. The van der Waals surface area contributed by atoms with Gasteiger partial charge in [0.25, 0.3) is 0 Å². The third-order valence-corrected chi connectivity index (χ3v) is 1.62. The van der Waals surface area contributed by atoms with Gasteiger partial charge in [-0.3, -0.25) is 0 Å². The minimum Gasteiger partial charge on any atom is -0.392 e. The smallest absolute Gasteiger partial charge is 0.171 e. The van der Waals surface area contributed by atoms with Crippen molar-refractivity contribution < 1.29 is 15.3 Å². The predicted octanol–water partition coefficient (Wildman–Crippen LogP) is 0.503. The Labute approximate surface area is 76.6 Å². The van der Waals surface area contributed by atoms with Crippen LogP contribution in [0.1, 0.15) is 11.1 Å². The minimum absolute atomic E-state index is 0.0205. The topological polar surface area (TPSA) is 60.7 Å². The second kappa shape index (κ2) is 4.77. The Hall–Kier alpha value is -1.16. The highest BCUT2D eigenvalue weighted by Crippen LogP contribution is 2.06. The molecule has 0 spiro atoms. The largest absolute Gasteiger partial charge is 0.392 e. The van der Waals surface area contributed by atoms with E-state index < -0.39 is 6.29 Å². The summed E-state index contributed by atoms with van der Waals surface area (Å²) >= 11 is 0. The summed E-state index contributed by atoms with van der Waals surface area (Å²) in [6.45, 7) is 0.0205. The van der Waals surface area contributed by atoms with Crippen molar-refractivity contribution in [3.63, 3.8) is 0 Å². The SMILES string of the molecule is OCc1ccc(/C=C/C(O)O)cc1. The highest BCUT2D eigenvalue weighted by atomic mass is 16.5. The highest BCUT2D eigenvalue weighted by molar-refractivity contribution is 5.49. The van der Waals surface area contributed by atoms with E-state index in [9.17, 15) is 0 Å². The molecule has 70 valence electrons. The van der Waals surface area contributed by atoms with Crippen LogP contribution in [0.4, 0.5) is 0 Å². The van der Waals surface area contributed by atoms with Gasteiger partial charge in [-0.25, -0.2) is 0 Å². The highest BCUT2D eigenvalue weighted by Gasteiger charge is 1.91. The fourth-order valence-corrected chi connectivity index (χ4v) is 0.931. The van der Waals surface area contributed by atoms with Gasteiger partial charge in [0.2, 0.25) is 0 Å². The summed E-state index contributed by atoms with van der Waals surface area (Å²) in [5.74, 6) is 0. The minimum atomic E-state index is -1.42. The molecule has 3 heteroatoms. The second-order valence-corrected chi connectivity index (χ2v) is 2.67. The number of aliphatic hydroxyl groups is 3. The Balaban J connectivity index is 2.69. The number of benzene rings is 1. The third kappa shape index (κ3) is 3.38.